The second-order valence-electron chi connectivity index (χ2n) is 4.52. The van der Waals surface area contributed by atoms with Crippen molar-refractivity contribution in [3.8, 4) is 5.75 Å². The first-order valence-electron chi connectivity index (χ1n) is 6.15. The lowest BCUT2D eigenvalue weighted by molar-refractivity contribution is -0.118. The van der Waals surface area contributed by atoms with Crippen LogP contribution in [0.3, 0.4) is 0 Å². The van der Waals surface area contributed by atoms with E-state index in [1.165, 1.54) is 6.20 Å². The molecule has 0 saturated carbocycles. The minimum absolute atomic E-state index is 0.0623. The van der Waals surface area contributed by atoms with Gasteiger partial charge in [0.15, 0.2) is 6.61 Å². The first-order chi connectivity index (χ1) is 9.52. The molecule has 104 valence electrons. The monoisotopic (exact) mass is 290 g/mol. The SMILES string of the molecule is Cc1cc(C)cc(OCC(=O)Nc2ccc(Cl)cn2)c1. The maximum absolute atomic E-state index is 11.7. The molecule has 0 bridgehead atoms. The van der Waals surface area contributed by atoms with E-state index < -0.39 is 0 Å². The van der Waals surface area contributed by atoms with Gasteiger partial charge in [0, 0.05) is 6.20 Å². The third-order valence-corrected chi connectivity index (χ3v) is 2.78. The lowest BCUT2D eigenvalue weighted by Crippen LogP contribution is -2.20. The fourth-order valence-corrected chi connectivity index (χ4v) is 1.91. The molecule has 0 unspecified atom stereocenters. The number of aromatic nitrogens is 1. The fourth-order valence-electron chi connectivity index (χ4n) is 1.79. The van der Waals surface area contributed by atoms with Crippen LogP contribution in [0.5, 0.6) is 5.75 Å². The molecule has 5 heteroatoms. The van der Waals surface area contributed by atoms with Gasteiger partial charge in [-0.15, -0.1) is 0 Å². The molecular weight excluding hydrogens is 276 g/mol. The number of aryl methyl sites for hydroxylation is 2. The fraction of sp³-hybridized carbons (Fsp3) is 0.200. The van der Waals surface area contributed by atoms with Gasteiger partial charge in [0.25, 0.3) is 5.91 Å². The number of carbonyl (C=O) groups is 1. The standard InChI is InChI=1S/C15H15ClN2O2/c1-10-5-11(2)7-13(6-10)20-9-15(19)18-14-4-3-12(16)8-17-14/h3-8H,9H2,1-2H3,(H,17,18,19). The number of carbonyl (C=O) groups excluding carboxylic acids is 1. The molecule has 2 rings (SSSR count). The summed E-state index contributed by atoms with van der Waals surface area (Å²) in [6.45, 7) is 3.91. The van der Waals surface area contributed by atoms with Gasteiger partial charge in [-0.05, 0) is 49.2 Å². The van der Waals surface area contributed by atoms with E-state index in [0.717, 1.165) is 11.1 Å². The Balaban J connectivity index is 1.90. The third kappa shape index (κ3) is 4.24. The molecule has 0 atom stereocenters. The number of pyridine rings is 1. The Morgan fingerprint density at radius 2 is 1.95 bits per heavy atom. The Morgan fingerprint density at radius 3 is 2.55 bits per heavy atom. The van der Waals surface area contributed by atoms with E-state index in [2.05, 4.69) is 10.3 Å². The Labute approximate surface area is 122 Å². The summed E-state index contributed by atoms with van der Waals surface area (Å²) in [7, 11) is 0. The molecule has 0 fully saturated rings. The van der Waals surface area contributed by atoms with Gasteiger partial charge in [-0.2, -0.15) is 0 Å². The van der Waals surface area contributed by atoms with Crippen LogP contribution < -0.4 is 10.1 Å². The number of nitrogens with one attached hydrogen (secondary N) is 1. The van der Waals surface area contributed by atoms with E-state index in [9.17, 15) is 4.79 Å². The molecule has 0 saturated heterocycles. The van der Waals surface area contributed by atoms with Crippen LogP contribution in [0.2, 0.25) is 5.02 Å². The summed E-state index contributed by atoms with van der Waals surface area (Å²) in [5.74, 6) is 0.865. The van der Waals surface area contributed by atoms with Crippen molar-refractivity contribution in [2.24, 2.45) is 0 Å². The van der Waals surface area contributed by atoms with Gasteiger partial charge in [-0.3, -0.25) is 4.79 Å². The van der Waals surface area contributed by atoms with E-state index in [1.54, 1.807) is 12.1 Å². The number of nitrogens with zero attached hydrogens (tertiary/aromatic N) is 1. The van der Waals surface area contributed by atoms with Gasteiger partial charge in [0.05, 0.1) is 5.02 Å². The van der Waals surface area contributed by atoms with Crippen LogP contribution in [0.25, 0.3) is 0 Å². The van der Waals surface area contributed by atoms with E-state index >= 15 is 0 Å². The quantitative estimate of drug-likeness (QED) is 0.939. The minimum Gasteiger partial charge on any atom is -0.484 e. The second-order valence-corrected chi connectivity index (χ2v) is 4.96. The summed E-state index contributed by atoms with van der Waals surface area (Å²) in [5.41, 5.74) is 2.19. The van der Waals surface area contributed by atoms with Crippen LogP contribution in [0, 0.1) is 13.8 Å². The maximum atomic E-state index is 11.7. The van der Waals surface area contributed by atoms with Crippen molar-refractivity contribution < 1.29 is 9.53 Å². The topological polar surface area (TPSA) is 51.2 Å². The van der Waals surface area contributed by atoms with E-state index in [0.29, 0.717) is 16.6 Å². The Morgan fingerprint density at radius 1 is 1.25 bits per heavy atom. The lowest BCUT2D eigenvalue weighted by Gasteiger charge is -2.08. The van der Waals surface area contributed by atoms with Crippen LogP contribution in [0.1, 0.15) is 11.1 Å². The molecule has 2 aromatic rings. The zero-order valence-corrected chi connectivity index (χ0v) is 12.1. The van der Waals surface area contributed by atoms with Gasteiger partial charge in [-0.25, -0.2) is 4.98 Å². The molecule has 1 amide bonds. The maximum Gasteiger partial charge on any atom is 0.263 e. The van der Waals surface area contributed by atoms with Crippen LogP contribution >= 0.6 is 11.6 Å². The van der Waals surface area contributed by atoms with Gasteiger partial charge in [-0.1, -0.05) is 17.7 Å². The molecule has 4 nitrogen and oxygen atoms in total. The highest BCUT2D eigenvalue weighted by Crippen LogP contribution is 2.16. The highest BCUT2D eigenvalue weighted by Gasteiger charge is 2.05. The van der Waals surface area contributed by atoms with Crippen LogP contribution in [-0.4, -0.2) is 17.5 Å². The van der Waals surface area contributed by atoms with Gasteiger partial charge < -0.3 is 10.1 Å². The number of rotatable bonds is 4. The van der Waals surface area contributed by atoms with Crippen LogP contribution in [0.15, 0.2) is 36.5 Å². The van der Waals surface area contributed by atoms with Crippen molar-refractivity contribution in [3.63, 3.8) is 0 Å². The molecule has 0 aliphatic rings. The normalized spacial score (nSPS) is 10.2. The van der Waals surface area contributed by atoms with Crippen molar-refractivity contribution in [1.82, 2.24) is 4.98 Å². The van der Waals surface area contributed by atoms with E-state index in [1.807, 2.05) is 32.0 Å². The summed E-state index contributed by atoms with van der Waals surface area (Å²) in [5, 5.41) is 3.16. The predicted molar refractivity (Wildman–Crippen MR) is 79.3 cm³/mol. The molecule has 1 aromatic carbocycles. The lowest BCUT2D eigenvalue weighted by atomic mass is 10.1. The van der Waals surface area contributed by atoms with Crippen molar-refractivity contribution in [1.29, 1.82) is 0 Å². The van der Waals surface area contributed by atoms with Gasteiger partial charge >= 0.3 is 0 Å². The summed E-state index contributed by atoms with van der Waals surface area (Å²) < 4.78 is 5.46. The Kier molecular flexibility index (Phi) is 4.58. The van der Waals surface area contributed by atoms with Crippen molar-refractivity contribution in [2.45, 2.75) is 13.8 Å². The summed E-state index contributed by atoms with van der Waals surface area (Å²) >= 11 is 5.72. The molecule has 1 heterocycles. The smallest absolute Gasteiger partial charge is 0.263 e. The first-order valence-corrected chi connectivity index (χ1v) is 6.53. The van der Waals surface area contributed by atoms with Crippen molar-refractivity contribution in [2.75, 3.05) is 11.9 Å². The Hall–Kier alpha value is -2.07. The molecule has 20 heavy (non-hydrogen) atoms. The number of benzene rings is 1. The van der Waals surface area contributed by atoms with Gasteiger partial charge in [0.2, 0.25) is 0 Å². The molecule has 1 aromatic heterocycles. The predicted octanol–water partition coefficient (Wildman–Crippen LogP) is 3.37. The van der Waals surface area contributed by atoms with Crippen LogP contribution in [0.4, 0.5) is 5.82 Å². The largest absolute Gasteiger partial charge is 0.484 e. The van der Waals surface area contributed by atoms with E-state index in [4.69, 9.17) is 16.3 Å². The number of hydrogen-bond acceptors (Lipinski definition) is 3. The number of ether oxygens (including phenoxy) is 1. The summed E-state index contributed by atoms with van der Waals surface area (Å²) in [4.78, 5) is 15.7. The van der Waals surface area contributed by atoms with E-state index in [-0.39, 0.29) is 12.5 Å². The Bertz CT molecular complexity index is 592. The molecule has 0 aliphatic heterocycles. The summed E-state index contributed by atoms with van der Waals surface area (Å²) in [6, 6.07) is 9.12. The second kappa shape index (κ2) is 6.39. The number of anilines is 1. The van der Waals surface area contributed by atoms with Crippen molar-refractivity contribution >= 4 is 23.3 Å². The van der Waals surface area contributed by atoms with Crippen molar-refractivity contribution in [3.05, 3.63) is 52.7 Å². The zero-order valence-electron chi connectivity index (χ0n) is 11.3. The number of halogens is 1. The minimum atomic E-state index is -0.265. The average molecular weight is 291 g/mol. The average Bonchev–Trinajstić information content (AvgIpc) is 2.38. The van der Waals surface area contributed by atoms with Gasteiger partial charge in [0.1, 0.15) is 11.6 Å². The number of amides is 1. The molecular formula is C15H15ClN2O2. The zero-order chi connectivity index (χ0) is 14.5. The highest BCUT2D eigenvalue weighted by atomic mass is 35.5. The molecule has 1 N–H and O–H groups in total. The molecule has 0 radical (unpaired) electrons. The molecule has 0 spiro atoms. The number of hydrogen-bond donors (Lipinski definition) is 1. The summed E-state index contributed by atoms with van der Waals surface area (Å²) in [6.07, 6.45) is 1.47. The third-order valence-electron chi connectivity index (χ3n) is 2.56. The molecule has 0 aliphatic carbocycles. The van der Waals surface area contributed by atoms with Crippen LogP contribution in [-0.2, 0) is 4.79 Å². The first kappa shape index (κ1) is 14.3. The highest BCUT2D eigenvalue weighted by molar-refractivity contribution is 6.30.